The highest BCUT2D eigenvalue weighted by molar-refractivity contribution is 5.89. The molecule has 108 valence electrons. The summed E-state index contributed by atoms with van der Waals surface area (Å²) < 4.78 is 4.70. The minimum Gasteiger partial charge on any atom is -0.481 e. The van der Waals surface area contributed by atoms with E-state index in [1.807, 2.05) is 18.2 Å². The molecule has 0 saturated carbocycles. The number of carboxylic acid groups (broad SMARTS) is 1. The van der Waals surface area contributed by atoms with Crippen molar-refractivity contribution in [1.29, 1.82) is 0 Å². The van der Waals surface area contributed by atoms with E-state index in [9.17, 15) is 9.59 Å². The fraction of sp³-hybridized carbons (Fsp3) is 0.467. The second-order valence-electron chi connectivity index (χ2n) is 5.06. The molecule has 1 aromatic rings. The van der Waals surface area contributed by atoms with Crippen LogP contribution in [0.4, 0.5) is 0 Å². The first-order chi connectivity index (χ1) is 9.60. The molecule has 0 aliphatic carbocycles. The van der Waals surface area contributed by atoms with Crippen LogP contribution in [0.3, 0.4) is 0 Å². The Bertz CT molecular complexity index is 500. The van der Waals surface area contributed by atoms with E-state index in [1.54, 1.807) is 6.07 Å². The van der Waals surface area contributed by atoms with Gasteiger partial charge in [-0.25, -0.2) is 4.79 Å². The molecule has 5 nitrogen and oxygen atoms in total. The van der Waals surface area contributed by atoms with Crippen molar-refractivity contribution in [1.82, 2.24) is 4.90 Å². The van der Waals surface area contributed by atoms with Gasteiger partial charge in [-0.05, 0) is 37.1 Å². The minimum atomic E-state index is -0.759. The minimum absolute atomic E-state index is 0.0919. The number of esters is 1. The van der Waals surface area contributed by atoms with Crippen molar-refractivity contribution in [3.8, 4) is 0 Å². The van der Waals surface area contributed by atoms with Crippen LogP contribution < -0.4 is 0 Å². The lowest BCUT2D eigenvalue weighted by Gasteiger charge is -2.23. The number of carbonyl (C=O) groups excluding carboxylic acids is 1. The lowest BCUT2D eigenvalue weighted by atomic mass is 10.1. The van der Waals surface area contributed by atoms with Crippen molar-refractivity contribution >= 4 is 11.9 Å². The molecule has 1 heterocycles. The summed E-state index contributed by atoms with van der Waals surface area (Å²) in [6.45, 7) is 1.57. The van der Waals surface area contributed by atoms with Crippen molar-refractivity contribution in [2.45, 2.75) is 31.8 Å². The zero-order chi connectivity index (χ0) is 14.5. The number of hydrogen-bond donors (Lipinski definition) is 1. The number of carboxylic acids is 1. The van der Waals surface area contributed by atoms with Crippen molar-refractivity contribution < 1.29 is 19.4 Å². The monoisotopic (exact) mass is 277 g/mol. The van der Waals surface area contributed by atoms with Gasteiger partial charge in [-0.3, -0.25) is 9.69 Å². The van der Waals surface area contributed by atoms with Crippen LogP contribution in [0.1, 0.15) is 35.2 Å². The highest BCUT2D eigenvalue weighted by Gasteiger charge is 2.26. The summed E-state index contributed by atoms with van der Waals surface area (Å²) in [4.78, 5) is 24.5. The molecule has 2 rings (SSSR count). The fourth-order valence-electron chi connectivity index (χ4n) is 2.69. The van der Waals surface area contributed by atoms with Gasteiger partial charge in [-0.15, -0.1) is 0 Å². The molecule has 1 aromatic carbocycles. The van der Waals surface area contributed by atoms with E-state index in [0.29, 0.717) is 12.1 Å². The van der Waals surface area contributed by atoms with Crippen molar-refractivity contribution in [2.75, 3.05) is 13.7 Å². The Morgan fingerprint density at radius 1 is 1.45 bits per heavy atom. The molecule has 1 aliphatic rings. The molecule has 1 fully saturated rings. The van der Waals surface area contributed by atoms with Crippen LogP contribution in [-0.2, 0) is 16.1 Å². The zero-order valence-corrected chi connectivity index (χ0v) is 11.5. The summed E-state index contributed by atoms with van der Waals surface area (Å²) in [6.07, 6.45) is 2.12. The van der Waals surface area contributed by atoms with Gasteiger partial charge in [0.15, 0.2) is 0 Å². The van der Waals surface area contributed by atoms with Crippen LogP contribution in [0.2, 0.25) is 0 Å². The Labute approximate surface area is 118 Å². The maximum absolute atomic E-state index is 11.5. The van der Waals surface area contributed by atoms with Crippen molar-refractivity contribution in [3.63, 3.8) is 0 Å². The highest BCUT2D eigenvalue weighted by atomic mass is 16.5. The number of aliphatic carboxylic acids is 1. The SMILES string of the molecule is COC(=O)c1cccc(CN2CCCC2CC(=O)O)c1. The van der Waals surface area contributed by atoms with E-state index in [4.69, 9.17) is 9.84 Å². The van der Waals surface area contributed by atoms with E-state index in [2.05, 4.69) is 4.90 Å². The standard InChI is InChI=1S/C15H19NO4/c1-20-15(19)12-5-2-4-11(8-12)10-16-7-3-6-13(16)9-14(17)18/h2,4-5,8,13H,3,6-7,9-10H2,1H3,(H,17,18). The van der Waals surface area contributed by atoms with Crippen molar-refractivity contribution in [2.24, 2.45) is 0 Å². The van der Waals surface area contributed by atoms with Crippen LogP contribution in [0.25, 0.3) is 0 Å². The van der Waals surface area contributed by atoms with Crippen LogP contribution in [0.5, 0.6) is 0 Å². The number of likely N-dealkylation sites (tertiary alicyclic amines) is 1. The van der Waals surface area contributed by atoms with E-state index in [1.165, 1.54) is 7.11 Å². The normalized spacial score (nSPS) is 18.9. The molecular formula is C15H19NO4. The largest absolute Gasteiger partial charge is 0.481 e. The average molecular weight is 277 g/mol. The summed E-state index contributed by atoms with van der Waals surface area (Å²) in [7, 11) is 1.36. The fourth-order valence-corrected chi connectivity index (χ4v) is 2.69. The number of ether oxygens (including phenoxy) is 1. The summed E-state index contributed by atoms with van der Waals surface area (Å²) in [6, 6.07) is 7.39. The van der Waals surface area contributed by atoms with Crippen LogP contribution in [0.15, 0.2) is 24.3 Å². The molecule has 0 radical (unpaired) electrons. The average Bonchev–Trinajstić information content (AvgIpc) is 2.84. The molecule has 0 bridgehead atoms. The summed E-state index contributed by atoms with van der Waals surface area (Å²) >= 11 is 0. The zero-order valence-electron chi connectivity index (χ0n) is 11.5. The molecular weight excluding hydrogens is 258 g/mol. The van der Waals surface area contributed by atoms with Crippen LogP contribution in [-0.4, -0.2) is 41.6 Å². The predicted octanol–water partition coefficient (Wildman–Crippen LogP) is 1.91. The number of rotatable bonds is 5. The van der Waals surface area contributed by atoms with Gasteiger partial charge in [0.25, 0.3) is 0 Å². The molecule has 1 atom stereocenters. The number of carbonyl (C=O) groups is 2. The van der Waals surface area contributed by atoms with Gasteiger partial charge in [-0.2, -0.15) is 0 Å². The van der Waals surface area contributed by atoms with Gasteiger partial charge in [0.2, 0.25) is 0 Å². The lowest BCUT2D eigenvalue weighted by molar-refractivity contribution is -0.138. The third kappa shape index (κ3) is 3.57. The molecule has 0 aromatic heterocycles. The molecule has 0 amide bonds. The summed E-state index contributed by atoms with van der Waals surface area (Å²) in [5.41, 5.74) is 1.53. The first-order valence-corrected chi connectivity index (χ1v) is 6.73. The maximum atomic E-state index is 11.5. The van der Waals surface area contributed by atoms with Crippen LogP contribution >= 0.6 is 0 Å². The van der Waals surface area contributed by atoms with Gasteiger partial charge in [0.05, 0.1) is 19.1 Å². The first kappa shape index (κ1) is 14.5. The molecule has 20 heavy (non-hydrogen) atoms. The lowest BCUT2D eigenvalue weighted by Crippen LogP contribution is -2.30. The second kappa shape index (κ2) is 6.52. The third-order valence-electron chi connectivity index (χ3n) is 3.64. The highest BCUT2D eigenvalue weighted by Crippen LogP contribution is 2.22. The van der Waals surface area contributed by atoms with Gasteiger partial charge < -0.3 is 9.84 Å². The molecule has 0 spiro atoms. The summed E-state index contributed by atoms with van der Waals surface area (Å²) in [5, 5.41) is 8.92. The number of hydrogen-bond acceptors (Lipinski definition) is 4. The Morgan fingerprint density at radius 2 is 2.25 bits per heavy atom. The van der Waals surface area contributed by atoms with Gasteiger partial charge in [0.1, 0.15) is 0 Å². The Hall–Kier alpha value is -1.88. The summed E-state index contributed by atoms with van der Waals surface area (Å²) in [5.74, 6) is -1.11. The van der Waals surface area contributed by atoms with E-state index in [-0.39, 0.29) is 18.4 Å². The molecule has 1 N–H and O–H groups in total. The van der Waals surface area contributed by atoms with Gasteiger partial charge in [-0.1, -0.05) is 12.1 Å². The Morgan fingerprint density at radius 3 is 2.95 bits per heavy atom. The molecule has 1 unspecified atom stereocenters. The molecule has 1 aliphatic heterocycles. The third-order valence-corrected chi connectivity index (χ3v) is 3.64. The van der Waals surface area contributed by atoms with Gasteiger partial charge >= 0.3 is 11.9 Å². The maximum Gasteiger partial charge on any atom is 0.337 e. The van der Waals surface area contributed by atoms with E-state index < -0.39 is 5.97 Å². The molecule has 5 heteroatoms. The van der Waals surface area contributed by atoms with Crippen LogP contribution in [0, 0.1) is 0 Å². The Balaban J connectivity index is 2.05. The Kier molecular flexibility index (Phi) is 4.74. The number of benzene rings is 1. The molecule has 1 saturated heterocycles. The van der Waals surface area contributed by atoms with E-state index in [0.717, 1.165) is 24.9 Å². The van der Waals surface area contributed by atoms with E-state index >= 15 is 0 Å². The smallest absolute Gasteiger partial charge is 0.337 e. The quantitative estimate of drug-likeness (QED) is 0.833. The van der Waals surface area contributed by atoms with Gasteiger partial charge in [0, 0.05) is 12.6 Å². The second-order valence-corrected chi connectivity index (χ2v) is 5.06. The topological polar surface area (TPSA) is 66.8 Å². The predicted molar refractivity (Wildman–Crippen MR) is 73.5 cm³/mol. The van der Waals surface area contributed by atoms with Crippen molar-refractivity contribution in [3.05, 3.63) is 35.4 Å². The first-order valence-electron chi connectivity index (χ1n) is 6.73. The number of methoxy groups -OCH3 is 1. The number of nitrogens with zero attached hydrogens (tertiary/aromatic N) is 1.